The van der Waals surface area contributed by atoms with E-state index in [-0.39, 0.29) is 5.82 Å². The van der Waals surface area contributed by atoms with Crippen molar-refractivity contribution in [1.82, 2.24) is 4.98 Å². The van der Waals surface area contributed by atoms with Gasteiger partial charge in [0.05, 0.1) is 0 Å². The van der Waals surface area contributed by atoms with Crippen LogP contribution in [0.1, 0.15) is 6.42 Å². The summed E-state index contributed by atoms with van der Waals surface area (Å²) in [5, 5.41) is 0.622. The van der Waals surface area contributed by atoms with Crippen LogP contribution in [0, 0.1) is 5.82 Å². The molecule has 0 radical (unpaired) electrons. The van der Waals surface area contributed by atoms with Gasteiger partial charge in [-0.2, -0.15) is 11.8 Å². The first-order chi connectivity index (χ1) is 6.81. The molecule has 0 aromatic carbocycles. The number of aromatic nitrogens is 1. The van der Waals surface area contributed by atoms with Crippen LogP contribution in [-0.2, 0) is 0 Å². The molecule has 0 aliphatic carbocycles. The lowest BCUT2D eigenvalue weighted by Gasteiger charge is -2.17. The standard InChI is InChI=1S/C10H13FN2S/c1-14-8-4-6-13(7-8)10-9(11)3-2-5-12-10/h2-3,5,8H,4,6-7H2,1H3. The zero-order valence-corrected chi connectivity index (χ0v) is 8.93. The molecule has 1 aliphatic heterocycles. The van der Waals surface area contributed by atoms with Crippen LogP contribution in [0.5, 0.6) is 0 Å². The highest BCUT2D eigenvalue weighted by atomic mass is 32.2. The largest absolute Gasteiger partial charge is 0.353 e. The lowest BCUT2D eigenvalue weighted by molar-refractivity contribution is 0.616. The van der Waals surface area contributed by atoms with E-state index >= 15 is 0 Å². The van der Waals surface area contributed by atoms with E-state index in [2.05, 4.69) is 11.2 Å². The fourth-order valence-corrected chi connectivity index (χ4v) is 2.39. The normalized spacial score (nSPS) is 21.6. The van der Waals surface area contributed by atoms with E-state index in [4.69, 9.17) is 0 Å². The summed E-state index contributed by atoms with van der Waals surface area (Å²) in [5.41, 5.74) is 0. The molecule has 1 unspecified atom stereocenters. The molecule has 0 spiro atoms. The Morgan fingerprint density at radius 1 is 1.64 bits per heavy atom. The third-order valence-corrected chi connectivity index (χ3v) is 3.57. The summed E-state index contributed by atoms with van der Waals surface area (Å²) in [6.07, 6.45) is 4.87. The van der Waals surface area contributed by atoms with Gasteiger partial charge in [0, 0.05) is 24.5 Å². The summed E-state index contributed by atoms with van der Waals surface area (Å²) in [5.74, 6) is 0.290. The third-order valence-electron chi connectivity index (χ3n) is 2.52. The number of nitrogens with zero attached hydrogens (tertiary/aromatic N) is 2. The van der Waals surface area contributed by atoms with Crippen molar-refractivity contribution in [3.8, 4) is 0 Å². The van der Waals surface area contributed by atoms with Crippen molar-refractivity contribution in [2.75, 3.05) is 24.2 Å². The van der Waals surface area contributed by atoms with Crippen LogP contribution < -0.4 is 4.90 Å². The molecule has 1 atom stereocenters. The van der Waals surface area contributed by atoms with Crippen LogP contribution in [0.15, 0.2) is 18.3 Å². The second kappa shape index (κ2) is 4.17. The molecule has 2 rings (SSSR count). The second-order valence-electron chi connectivity index (χ2n) is 3.40. The molecule has 0 saturated carbocycles. The van der Waals surface area contributed by atoms with Crippen molar-refractivity contribution in [1.29, 1.82) is 0 Å². The van der Waals surface area contributed by atoms with Gasteiger partial charge in [-0.05, 0) is 24.8 Å². The minimum atomic E-state index is -0.214. The molecule has 1 aromatic heterocycles. The highest BCUT2D eigenvalue weighted by Gasteiger charge is 2.24. The molecule has 1 fully saturated rings. The lowest BCUT2D eigenvalue weighted by Crippen LogP contribution is -2.22. The molecule has 1 aromatic rings. The zero-order valence-electron chi connectivity index (χ0n) is 8.11. The summed E-state index contributed by atoms with van der Waals surface area (Å²) >= 11 is 1.84. The van der Waals surface area contributed by atoms with Crippen molar-refractivity contribution in [2.24, 2.45) is 0 Å². The Morgan fingerprint density at radius 2 is 2.50 bits per heavy atom. The summed E-state index contributed by atoms with van der Waals surface area (Å²) in [6, 6.07) is 3.09. The van der Waals surface area contributed by atoms with Crippen molar-refractivity contribution in [3.05, 3.63) is 24.1 Å². The first kappa shape index (κ1) is 9.77. The van der Waals surface area contributed by atoms with E-state index in [9.17, 15) is 4.39 Å². The predicted molar refractivity (Wildman–Crippen MR) is 58.3 cm³/mol. The fourth-order valence-electron chi connectivity index (χ4n) is 1.72. The summed E-state index contributed by atoms with van der Waals surface area (Å²) in [6.45, 7) is 1.83. The molecular weight excluding hydrogens is 199 g/mol. The molecule has 0 N–H and O–H groups in total. The Morgan fingerprint density at radius 3 is 3.14 bits per heavy atom. The van der Waals surface area contributed by atoms with Gasteiger partial charge in [0.1, 0.15) is 0 Å². The van der Waals surface area contributed by atoms with Crippen molar-refractivity contribution in [3.63, 3.8) is 0 Å². The molecule has 14 heavy (non-hydrogen) atoms. The Bertz CT molecular complexity index is 319. The van der Waals surface area contributed by atoms with Crippen LogP contribution in [0.2, 0.25) is 0 Å². The van der Waals surface area contributed by atoms with Crippen LogP contribution in [0.4, 0.5) is 10.2 Å². The van der Waals surface area contributed by atoms with Crippen LogP contribution in [0.3, 0.4) is 0 Å². The van der Waals surface area contributed by atoms with Gasteiger partial charge in [-0.25, -0.2) is 9.37 Å². The zero-order chi connectivity index (χ0) is 9.97. The highest BCUT2D eigenvalue weighted by Crippen LogP contribution is 2.25. The predicted octanol–water partition coefficient (Wildman–Crippen LogP) is 2.16. The van der Waals surface area contributed by atoms with E-state index in [1.165, 1.54) is 6.07 Å². The number of hydrogen-bond donors (Lipinski definition) is 0. The molecular formula is C10H13FN2S. The van der Waals surface area contributed by atoms with Gasteiger partial charge >= 0.3 is 0 Å². The van der Waals surface area contributed by atoms with Crippen molar-refractivity contribution in [2.45, 2.75) is 11.7 Å². The van der Waals surface area contributed by atoms with Gasteiger partial charge in [0.15, 0.2) is 11.6 Å². The first-order valence-electron chi connectivity index (χ1n) is 4.69. The Kier molecular flexibility index (Phi) is 2.91. The fraction of sp³-hybridized carbons (Fsp3) is 0.500. The number of rotatable bonds is 2. The van der Waals surface area contributed by atoms with Crippen LogP contribution in [-0.4, -0.2) is 29.6 Å². The molecule has 0 amide bonds. The van der Waals surface area contributed by atoms with Crippen LogP contribution in [0.25, 0.3) is 0 Å². The SMILES string of the molecule is CSC1CCN(c2ncccc2F)C1. The maximum atomic E-state index is 13.4. The molecule has 1 aliphatic rings. The third kappa shape index (κ3) is 1.85. The first-order valence-corrected chi connectivity index (χ1v) is 5.98. The van der Waals surface area contributed by atoms with Gasteiger partial charge < -0.3 is 4.90 Å². The lowest BCUT2D eigenvalue weighted by atomic mass is 10.4. The van der Waals surface area contributed by atoms with E-state index in [0.29, 0.717) is 11.1 Å². The average Bonchev–Trinajstić information content (AvgIpc) is 2.67. The van der Waals surface area contributed by atoms with E-state index in [1.54, 1.807) is 12.3 Å². The van der Waals surface area contributed by atoms with Crippen molar-refractivity contribution >= 4 is 17.6 Å². The van der Waals surface area contributed by atoms with Crippen LogP contribution >= 0.6 is 11.8 Å². The summed E-state index contributed by atoms with van der Waals surface area (Å²) in [4.78, 5) is 6.09. The molecule has 2 heterocycles. The number of thioether (sulfide) groups is 1. The van der Waals surface area contributed by atoms with Gasteiger partial charge in [0.2, 0.25) is 0 Å². The van der Waals surface area contributed by atoms with E-state index in [1.807, 2.05) is 16.7 Å². The average molecular weight is 212 g/mol. The maximum Gasteiger partial charge on any atom is 0.165 e. The van der Waals surface area contributed by atoms with Gasteiger partial charge in [-0.15, -0.1) is 0 Å². The van der Waals surface area contributed by atoms with E-state index < -0.39 is 0 Å². The molecule has 0 bridgehead atoms. The second-order valence-corrected chi connectivity index (χ2v) is 4.54. The van der Waals surface area contributed by atoms with Gasteiger partial charge in [-0.1, -0.05) is 0 Å². The number of hydrogen-bond acceptors (Lipinski definition) is 3. The molecule has 2 nitrogen and oxygen atoms in total. The smallest absolute Gasteiger partial charge is 0.165 e. The topological polar surface area (TPSA) is 16.1 Å². The number of pyridine rings is 1. The van der Waals surface area contributed by atoms with Gasteiger partial charge in [0.25, 0.3) is 0 Å². The summed E-state index contributed by atoms with van der Waals surface area (Å²) in [7, 11) is 0. The Hall–Kier alpha value is -0.770. The summed E-state index contributed by atoms with van der Waals surface area (Å²) < 4.78 is 13.4. The van der Waals surface area contributed by atoms with Gasteiger partial charge in [-0.3, -0.25) is 0 Å². The molecule has 76 valence electrons. The number of anilines is 1. The van der Waals surface area contributed by atoms with E-state index in [0.717, 1.165) is 19.5 Å². The minimum Gasteiger partial charge on any atom is -0.353 e. The highest BCUT2D eigenvalue weighted by molar-refractivity contribution is 7.99. The quantitative estimate of drug-likeness (QED) is 0.747. The Labute approximate surface area is 87.5 Å². The monoisotopic (exact) mass is 212 g/mol. The maximum absolute atomic E-state index is 13.4. The van der Waals surface area contributed by atoms with Crippen molar-refractivity contribution < 1.29 is 4.39 Å². The molecule has 4 heteroatoms. The number of halogens is 1. The Balaban J connectivity index is 2.13. The minimum absolute atomic E-state index is 0.214. The molecule has 1 saturated heterocycles.